The minimum absolute atomic E-state index is 0.0587. The molecule has 6 nitrogen and oxygen atoms in total. The Hall–Kier alpha value is -3.03. The second-order valence-electron chi connectivity index (χ2n) is 8.44. The Balaban J connectivity index is 1.48. The van der Waals surface area contributed by atoms with Gasteiger partial charge in [0.15, 0.2) is 6.29 Å². The maximum absolute atomic E-state index is 13.7. The molecule has 32 heavy (non-hydrogen) atoms. The normalized spacial score (nSPS) is 19.4. The van der Waals surface area contributed by atoms with Gasteiger partial charge in [-0.25, -0.2) is 9.07 Å². The van der Waals surface area contributed by atoms with E-state index in [0.29, 0.717) is 43.2 Å². The van der Waals surface area contributed by atoms with E-state index < -0.39 is 0 Å². The number of piperidine rings is 1. The predicted molar refractivity (Wildman–Crippen MR) is 118 cm³/mol. The molecule has 0 radical (unpaired) electrons. The van der Waals surface area contributed by atoms with Gasteiger partial charge in [-0.2, -0.15) is 5.10 Å². The smallest absolute Gasteiger partial charge is 0.257 e. The molecule has 3 aromatic rings. The van der Waals surface area contributed by atoms with Crippen molar-refractivity contribution in [1.82, 2.24) is 14.7 Å². The zero-order valence-electron chi connectivity index (χ0n) is 18.0. The minimum atomic E-state index is -0.313. The third kappa shape index (κ3) is 4.18. The summed E-state index contributed by atoms with van der Waals surface area (Å²) < 4.78 is 26.4. The summed E-state index contributed by atoms with van der Waals surface area (Å²) in [5, 5.41) is 4.72. The molecular weight excluding hydrogens is 409 g/mol. The van der Waals surface area contributed by atoms with Gasteiger partial charge in [0.2, 0.25) is 0 Å². The fourth-order valence-corrected chi connectivity index (χ4v) is 4.42. The van der Waals surface area contributed by atoms with Crippen LogP contribution in [0, 0.1) is 18.7 Å². The van der Waals surface area contributed by atoms with Crippen LogP contribution in [-0.4, -0.2) is 53.2 Å². The summed E-state index contributed by atoms with van der Waals surface area (Å²) in [6.07, 6.45) is 3.40. The van der Waals surface area contributed by atoms with Crippen LogP contribution in [0.2, 0.25) is 0 Å². The van der Waals surface area contributed by atoms with E-state index >= 15 is 0 Å². The van der Waals surface area contributed by atoms with E-state index in [1.165, 1.54) is 12.1 Å². The lowest BCUT2D eigenvalue weighted by molar-refractivity contribution is -0.0969. The third-order valence-electron chi connectivity index (χ3n) is 6.14. The minimum Gasteiger partial charge on any atom is -0.350 e. The summed E-state index contributed by atoms with van der Waals surface area (Å²) >= 11 is 0. The van der Waals surface area contributed by atoms with E-state index in [0.717, 1.165) is 24.0 Å². The van der Waals surface area contributed by atoms with Crippen molar-refractivity contribution in [1.29, 1.82) is 0 Å². The number of aromatic nitrogens is 2. The summed E-state index contributed by atoms with van der Waals surface area (Å²) in [7, 11) is 0. The Labute approximate surface area is 186 Å². The molecule has 1 amide bonds. The molecule has 0 aliphatic carbocycles. The van der Waals surface area contributed by atoms with Crippen LogP contribution in [-0.2, 0) is 9.47 Å². The van der Waals surface area contributed by atoms with Gasteiger partial charge in [0.25, 0.3) is 5.91 Å². The first kappa shape index (κ1) is 20.8. The maximum atomic E-state index is 13.7. The topological polar surface area (TPSA) is 56.6 Å². The summed E-state index contributed by atoms with van der Waals surface area (Å²) in [5.41, 5.74) is 3.86. The zero-order valence-corrected chi connectivity index (χ0v) is 18.0. The number of aryl methyl sites for hydroxylation is 1. The molecule has 0 spiro atoms. The summed E-state index contributed by atoms with van der Waals surface area (Å²) in [6, 6.07) is 14.0. The van der Waals surface area contributed by atoms with E-state index in [2.05, 4.69) is 0 Å². The molecule has 166 valence electrons. The number of carbonyl (C=O) groups is 1. The van der Waals surface area contributed by atoms with Crippen molar-refractivity contribution in [3.05, 3.63) is 71.7 Å². The number of ether oxygens (including phenoxy) is 2. The van der Waals surface area contributed by atoms with Gasteiger partial charge in [-0.1, -0.05) is 29.8 Å². The fourth-order valence-electron chi connectivity index (χ4n) is 4.42. The van der Waals surface area contributed by atoms with E-state index in [4.69, 9.17) is 14.6 Å². The van der Waals surface area contributed by atoms with Crippen LogP contribution in [0.5, 0.6) is 0 Å². The molecule has 1 atom stereocenters. The molecule has 7 heteroatoms. The highest BCUT2D eigenvalue weighted by Crippen LogP contribution is 2.29. The number of likely N-dealkylation sites (tertiary alicyclic amines) is 1. The van der Waals surface area contributed by atoms with Gasteiger partial charge in [0.05, 0.1) is 24.5 Å². The molecule has 5 rings (SSSR count). The van der Waals surface area contributed by atoms with Crippen LogP contribution in [0.1, 0.15) is 28.8 Å². The number of benzene rings is 2. The Kier molecular flexibility index (Phi) is 5.76. The summed E-state index contributed by atoms with van der Waals surface area (Å²) in [4.78, 5) is 15.5. The number of rotatable bonds is 4. The molecule has 2 aromatic carbocycles. The van der Waals surface area contributed by atoms with Crippen molar-refractivity contribution in [2.45, 2.75) is 26.1 Å². The SMILES string of the molecule is Cc1ccc(-c2nn(-c3ccc(F)cc3)cc2C(=O)N2CCCC(C3OCCO3)C2)cc1. The van der Waals surface area contributed by atoms with Gasteiger partial charge in [0.1, 0.15) is 11.5 Å². The molecule has 0 saturated carbocycles. The number of carbonyl (C=O) groups excluding carboxylic acids is 1. The molecular formula is C25H26FN3O3. The van der Waals surface area contributed by atoms with Crippen LogP contribution in [0.4, 0.5) is 4.39 Å². The standard InChI is InChI=1S/C25H26FN3O3/c1-17-4-6-18(7-5-17)23-22(16-29(27-23)21-10-8-20(26)9-11-21)24(30)28-12-2-3-19(15-28)25-31-13-14-32-25/h4-11,16,19,25H,2-3,12-15H2,1H3. The second-order valence-corrected chi connectivity index (χ2v) is 8.44. The highest BCUT2D eigenvalue weighted by atomic mass is 19.1. The average Bonchev–Trinajstić information content (AvgIpc) is 3.51. The van der Waals surface area contributed by atoms with Gasteiger partial charge < -0.3 is 14.4 Å². The van der Waals surface area contributed by atoms with Crippen LogP contribution in [0.15, 0.2) is 54.7 Å². The quantitative estimate of drug-likeness (QED) is 0.616. The van der Waals surface area contributed by atoms with Gasteiger partial charge in [-0.05, 0) is 44.0 Å². The Morgan fingerprint density at radius 3 is 2.50 bits per heavy atom. The Morgan fingerprint density at radius 2 is 1.78 bits per heavy atom. The van der Waals surface area contributed by atoms with E-state index in [1.807, 2.05) is 36.1 Å². The van der Waals surface area contributed by atoms with Crippen LogP contribution in [0.25, 0.3) is 16.9 Å². The summed E-state index contributed by atoms with van der Waals surface area (Å²) in [5.74, 6) is -0.200. The fraction of sp³-hybridized carbons (Fsp3) is 0.360. The maximum Gasteiger partial charge on any atom is 0.257 e. The number of hydrogen-bond acceptors (Lipinski definition) is 4. The first-order valence-corrected chi connectivity index (χ1v) is 11.0. The van der Waals surface area contributed by atoms with Crippen molar-refractivity contribution in [3.63, 3.8) is 0 Å². The van der Waals surface area contributed by atoms with E-state index in [9.17, 15) is 9.18 Å². The van der Waals surface area contributed by atoms with Crippen LogP contribution >= 0.6 is 0 Å². The molecule has 2 aliphatic heterocycles. The predicted octanol–water partition coefficient (Wildman–Crippen LogP) is 4.21. The van der Waals surface area contributed by atoms with Crippen molar-refractivity contribution >= 4 is 5.91 Å². The molecule has 0 N–H and O–H groups in total. The molecule has 2 aliphatic rings. The molecule has 0 bridgehead atoms. The second kappa shape index (κ2) is 8.84. The number of halogens is 1. The third-order valence-corrected chi connectivity index (χ3v) is 6.14. The van der Waals surface area contributed by atoms with Gasteiger partial charge >= 0.3 is 0 Å². The molecule has 2 saturated heterocycles. The molecule has 2 fully saturated rings. The lowest BCUT2D eigenvalue weighted by Crippen LogP contribution is -2.43. The zero-order chi connectivity index (χ0) is 22.1. The van der Waals surface area contributed by atoms with Gasteiger partial charge in [-0.3, -0.25) is 4.79 Å². The average molecular weight is 435 g/mol. The largest absolute Gasteiger partial charge is 0.350 e. The van der Waals surface area contributed by atoms with Gasteiger partial charge in [0, 0.05) is 30.8 Å². The Bertz CT molecular complexity index is 1090. The number of hydrogen-bond donors (Lipinski definition) is 0. The molecule has 1 aromatic heterocycles. The number of nitrogens with zero attached hydrogens (tertiary/aromatic N) is 3. The number of amides is 1. The van der Waals surface area contributed by atoms with Crippen LogP contribution < -0.4 is 0 Å². The lowest BCUT2D eigenvalue weighted by atomic mass is 9.96. The monoisotopic (exact) mass is 435 g/mol. The van der Waals surface area contributed by atoms with E-state index in [1.54, 1.807) is 23.0 Å². The first-order valence-electron chi connectivity index (χ1n) is 11.0. The molecule has 3 heterocycles. The van der Waals surface area contributed by atoms with Crippen molar-refractivity contribution in [3.8, 4) is 16.9 Å². The first-order chi connectivity index (χ1) is 15.6. The molecule has 1 unspecified atom stereocenters. The summed E-state index contributed by atoms with van der Waals surface area (Å²) in [6.45, 7) is 4.53. The van der Waals surface area contributed by atoms with E-state index in [-0.39, 0.29) is 23.9 Å². The van der Waals surface area contributed by atoms with Crippen molar-refractivity contribution in [2.75, 3.05) is 26.3 Å². The Morgan fingerprint density at radius 1 is 1.06 bits per heavy atom. The van der Waals surface area contributed by atoms with Crippen molar-refractivity contribution < 1.29 is 18.7 Å². The van der Waals surface area contributed by atoms with Crippen LogP contribution in [0.3, 0.4) is 0 Å². The van der Waals surface area contributed by atoms with Crippen molar-refractivity contribution in [2.24, 2.45) is 5.92 Å². The highest BCUT2D eigenvalue weighted by molar-refractivity contribution is 6.00. The lowest BCUT2D eigenvalue weighted by Gasteiger charge is -2.34. The highest BCUT2D eigenvalue weighted by Gasteiger charge is 2.34. The van der Waals surface area contributed by atoms with Gasteiger partial charge in [-0.15, -0.1) is 0 Å².